The van der Waals surface area contributed by atoms with Crippen LogP contribution in [0.3, 0.4) is 0 Å². The maximum atomic E-state index is 3.74. The smallest absolute Gasteiger partial charge is 0.00683 e. The lowest BCUT2D eigenvalue weighted by atomic mass is 9.78. The van der Waals surface area contributed by atoms with E-state index in [-0.39, 0.29) is 0 Å². The van der Waals surface area contributed by atoms with Gasteiger partial charge in [0.2, 0.25) is 0 Å². The first-order valence-corrected chi connectivity index (χ1v) is 7.13. The molecule has 0 aromatic carbocycles. The summed E-state index contributed by atoms with van der Waals surface area (Å²) in [5, 5.41) is 3.74. The SMILES string of the molecule is CCCC(CNC1CC1)C1CCCCC1. The summed E-state index contributed by atoms with van der Waals surface area (Å²) in [6.07, 6.45) is 13.2. The molecular formula is C14H27N. The van der Waals surface area contributed by atoms with E-state index < -0.39 is 0 Å². The molecule has 1 heteroatoms. The first-order chi connectivity index (χ1) is 7.40. The van der Waals surface area contributed by atoms with Crippen molar-refractivity contribution in [1.82, 2.24) is 5.32 Å². The van der Waals surface area contributed by atoms with E-state index in [0.29, 0.717) is 0 Å². The number of rotatable bonds is 6. The molecule has 1 nitrogen and oxygen atoms in total. The zero-order valence-electron chi connectivity index (χ0n) is 10.3. The molecule has 0 radical (unpaired) electrons. The van der Waals surface area contributed by atoms with Crippen molar-refractivity contribution < 1.29 is 0 Å². The summed E-state index contributed by atoms with van der Waals surface area (Å²) in [6, 6.07) is 0.896. The summed E-state index contributed by atoms with van der Waals surface area (Å²) in [4.78, 5) is 0. The van der Waals surface area contributed by atoms with E-state index in [9.17, 15) is 0 Å². The van der Waals surface area contributed by atoms with Crippen LogP contribution >= 0.6 is 0 Å². The van der Waals surface area contributed by atoms with Crippen LogP contribution in [0.4, 0.5) is 0 Å². The Bertz CT molecular complexity index is 168. The van der Waals surface area contributed by atoms with Gasteiger partial charge in [-0.3, -0.25) is 0 Å². The average molecular weight is 209 g/mol. The van der Waals surface area contributed by atoms with Crippen molar-refractivity contribution in [1.29, 1.82) is 0 Å². The molecule has 0 amide bonds. The Labute approximate surface area is 95.0 Å². The maximum absolute atomic E-state index is 3.74. The van der Waals surface area contributed by atoms with Crippen molar-refractivity contribution in [2.75, 3.05) is 6.54 Å². The summed E-state index contributed by atoms with van der Waals surface area (Å²) in [7, 11) is 0. The van der Waals surface area contributed by atoms with E-state index in [0.717, 1.165) is 17.9 Å². The monoisotopic (exact) mass is 209 g/mol. The van der Waals surface area contributed by atoms with Crippen LogP contribution in [-0.4, -0.2) is 12.6 Å². The van der Waals surface area contributed by atoms with Gasteiger partial charge in [0, 0.05) is 6.04 Å². The minimum atomic E-state index is 0.896. The van der Waals surface area contributed by atoms with E-state index in [4.69, 9.17) is 0 Å². The van der Waals surface area contributed by atoms with Crippen molar-refractivity contribution in [2.45, 2.75) is 70.8 Å². The Balaban J connectivity index is 1.74. The average Bonchev–Trinajstić information content (AvgIpc) is 3.09. The molecule has 1 atom stereocenters. The molecule has 0 heterocycles. The molecule has 0 saturated heterocycles. The first-order valence-electron chi connectivity index (χ1n) is 7.13. The molecule has 0 aromatic rings. The normalized spacial score (nSPS) is 25.4. The van der Waals surface area contributed by atoms with Crippen LogP contribution in [-0.2, 0) is 0 Å². The molecule has 2 rings (SSSR count). The van der Waals surface area contributed by atoms with Crippen LogP contribution in [0.2, 0.25) is 0 Å². The largest absolute Gasteiger partial charge is 0.314 e. The van der Waals surface area contributed by atoms with Crippen molar-refractivity contribution in [3.8, 4) is 0 Å². The van der Waals surface area contributed by atoms with E-state index in [1.165, 1.54) is 64.3 Å². The Hall–Kier alpha value is -0.0400. The highest BCUT2D eigenvalue weighted by Crippen LogP contribution is 2.32. The minimum Gasteiger partial charge on any atom is -0.314 e. The van der Waals surface area contributed by atoms with Gasteiger partial charge in [-0.2, -0.15) is 0 Å². The molecule has 0 aliphatic heterocycles. The highest BCUT2D eigenvalue weighted by molar-refractivity contribution is 4.83. The number of nitrogens with one attached hydrogen (secondary N) is 1. The summed E-state index contributed by atoms with van der Waals surface area (Å²) in [6.45, 7) is 3.65. The fourth-order valence-corrected chi connectivity index (χ4v) is 3.09. The Kier molecular flexibility index (Phi) is 4.49. The first kappa shape index (κ1) is 11.4. The van der Waals surface area contributed by atoms with Gasteiger partial charge in [-0.1, -0.05) is 45.4 Å². The van der Waals surface area contributed by atoms with Crippen LogP contribution in [0, 0.1) is 11.8 Å². The van der Waals surface area contributed by atoms with Crippen LogP contribution in [0.15, 0.2) is 0 Å². The van der Waals surface area contributed by atoms with Gasteiger partial charge in [-0.15, -0.1) is 0 Å². The zero-order chi connectivity index (χ0) is 10.5. The van der Waals surface area contributed by atoms with E-state index in [1.54, 1.807) is 0 Å². The topological polar surface area (TPSA) is 12.0 Å². The third-order valence-electron chi connectivity index (χ3n) is 4.22. The van der Waals surface area contributed by atoms with Gasteiger partial charge in [0.05, 0.1) is 0 Å². The quantitative estimate of drug-likeness (QED) is 0.703. The molecule has 15 heavy (non-hydrogen) atoms. The van der Waals surface area contributed by atoms with Gasteiger partial charge >= 0.3 is 0 Å². The summed E-state index contributed by atoms with van der Waals surface area (Å²) < 4.78 is 0. The lowest BCUT2D eigenvalue weighted by molar-refractivity contribution is 0.228. The van der Waals surface area contributed by atoms with Gasteiger partial charge in [0.1, 0.15) is 0 Å². The molecular weight excluding hydrogens is 182 g/mol. The van der Waals surface area contributed by atoms with Gasteiger partial charge in [-0.05, 0) is 37.6 Å². The molecule has 0 aromatic heterocycles. The highest BCUT2D eigenvalue weighted by Gasteiger charge is 2.26. The van der Waals surface area contributed by atoms with Crippen molar-refractivity contribution in [3.05, 3.63) is 0 Å². The van der Waals surface area contributed by atoms with Crippen molar-refractivity contribution in [2.24, 2.45) is 11.8 Å². The molecule has 2 fully saturated rings. The van der Waals surface area contributed by atoms with E-state index >= 15 is 0 Å². The van der Waals surface area contributed by atoms with Gasteiger partial charge < -0.3 is 5.32 Å². The predicted molar refractivity (Wildman–Crippen MR) is 66.0 cm³/mol. The van der Waals surface area contributed by atoms with Crippen molar-refractivity contribution in [3.63, 3.8) is 0 Å². The Morgan fingerprint density at radius 2 is 1.80 bits per heavy atom. The molecule has 0 spiro atoms. The zero-order valence-corrected chi connectivity index (χ0v) is 10.3. The fourth-order valence-electron chi connectivity index (χ4n) is 3.09. The summed E-state index contributed by atoms with van der Waals surface area (Å²) in [5.74, 6) is 2.03. The Morgan fingerprint density at radius 3 is 2.40 bits per heavy atom. The lowest BCUT2D eigenvalue weighted by Crippen LogP contribution is -2.30. The second-order valence-corrected chi connectivity index (χ2v) is 5.63. The predicted octanol–water partition coefficient (Wildman–Crippen LogP) is 3.74. The molecule has 2 aliphatic carbocycles. The number of hydrogen-bond acceptors (Lipinski definition) is 1. The highest BCUT2D eigenvalue weighted by atomic mass is 14.9. The molecule has 0 bridgehead atoms. The van der Waals surface area contributed by atoms with Crippen molar-refractivity contribution >= 4 is 0 Å². The van der Waals surface area contributed by atoms with Crippen LogP contribution in [0.25, 0.3) is 0 Å². The minimum absolute atomic E-state index is 0.896. The second-order valence-electron chi connectivity index (χ2n) is 5.63. The number of hydrogen-bond donors (Lipinski definition) is 1. The van der Waals surface area contributed by atoms with Crippen LogP contribution < -0.4 is 5.32 Å². The lowest BCUT2D eigenvalue weighted by Gasteiger charge is -2.30. The van der Waals surface area contributed by atoms with Crippen LogP contribution in [0.1, 0.15) is 64.7 Å². The summed E-state index contributed by atoms with van der Waals surface area (Å²) >= 11 is 0. The van der Waals surface area contributed by atoms with Gasteiger partial charge in [-0.25, -0.2) is 0 Å². The molecule has 2 saturated carbocycles. The van der Waals surface area contributed by atoms with E-state index in [2.05, 4.69) is 12.2 Å². The standard InChI is InChI=1S/C14H27N/c1-2-6-13(11-15-14-9-10-14)12-7-4-3-5-8-12/h12-15H,2-11H2,1H3. The molecule has 1 unspecified atom stereocenters. The van der Waals surface area contributed by atoms with Gasteiger partial charge in [0.25, 0.3) is 0 Å². The second kappa shape index (κ2) is 5.89. The van der Waals surface area contributed by atoms with Gasteiger partial charge in [0.15, 0.2) is 0 Å². The molecule has 88 valence electrons. The third-order valence-corrected chi connectivity index (χ3v) is 4.22. The van der Waals surface area contributed by atoms with E-state index in [1.807, 2.05) is 0 Å². The maximum Gasteiger partial charge on any atom is 0.00683 e. The fraction of sp³-hybridized carbons (Fsp3) is 1.00. The summed E-state index contributed by atoms with van der Waals surface area (Å²) in [5.41, 5.74) is 0. The molecule has 1 N–H and O–H groups in total. The third kappa shape index (κ3) is 3.79. The van der Waals surface area contributed by atoms with Crippen LogP contribution in [0.5, 0.6) is 0 Å². The molecule has 2 aliphatic rings. The Morgan fingerprint density at radius 1 is 1.07 bits per heavy atom.